The van der Waals surface area contributed by atoms with Crippen LogP contribution in [0.3, 0.4) is 0 Å². The van der Waals surface area contributed by atoms with E-state index >= 15 is 0 Å². The Kier molecular flexibility index (Phi) is 8.31. The largest absolute Gasteiger partial charge is 0.373 e. The molecule has 3 rings (SSSR count). The number of nitrogens with one attached hydrogen (secondary N) is 2. The molecule has 7 nitrogen and oxygen atoms in total. The molecule has 1 aliphatic heterocycles. The van der Waals surface area contributed by atoms with Crippen molar-refractivity contribution in [3.05, 3.63) is 11.9 Å². The minimum Gasteiger partial charge on any atom is -0.373 e. The van der Waals surface area contributed by atoms with Gasteiger partial charge in [0.2, 0.25) is 0 Å². The molecular weight excluding hydrogens is 354 g/mol. The minimum atomic E-state index is -0.199. The van der Waals surface area contributed by atoms with Crippen LogP contribution in [0.4, 0.5) is 0 Å². The molecule has 1 aromatic heterocycles. The van der Waals surface area contributed by atoms with E-state index in [1.165, 1.54) is 19.3 Å². The lowest BCUT2D eigenvalue weighted by atomic mass is 9.84. The summed E-state index contributed by atoms with van der Waals surface area (Å²) in [6.45, 7) is 5.41. The molecule has 0 aromatic carbocycles. The molecule has 0 radical (unpaired) electrons. The molecule has 1 saturated carbocycles. The second kappa shape index (κ2) is 10.2. The number of ether oxygens (including phenoxy) is 1. The molecule has 1 amide bonds. The van der Waals surface area contributed by atoms with E-state index < -0.39 is 0 Å². The molecule has 0 unspecified atom stereocenters. The summed E-state index contributed by atoms with van der Waals surface area (Å²) in [6, 6.07) is 0.341. The fourth-order valence-corrected chi connectivity index (χ4v) is 3.85. The molecule has 0 bridgehead atoms. The van der Waals surface area contributed by atoms with Gasteiger partial charge in [0.05, 0.1) is 17.8 Å². The number of nitrogens with zero attached hydrogens (tertiary/aromatic N) is 3. The summed E-state index contributed by atoms with van der Waals surface area (Å²) in [5.74, 6) is -0.148. The predicted octanol–water partition coefficient (Wildman–Crippen LogP) is 2.48. The first-order valence-electron chi connectivity index (χ1n) is 9.77. The molecule has 2 heterocycles. The highest BCUT2D eigenvalue weighted by atomic mass is 35.5. The second-order valence-corrected chi connectivity index (χ2v) is 7.34. The fraction of sp³-hybridized carbons (Fsp3) is 0.833. The summed E-state index contributed by atoms with van der Waals surface area (Å²) in [4.78, 5) is 12.5. The van der Waals surface area contributed by atoms with Gasteiger partial charge in [-0.1, -0.05) is 31.4 Å². The maximum Gasteiger partial charge on any atom is 0.273 e. The summed E-state index contributed by atoms with van der Waals surface area (Å²) >= 11 is 0. The van der Waals surface area contributed by atoms with Crippen molar-refractivity contribution in [1.29, 1.82) is 0 Å². The van der Waals surface area contributed by atoms with Gasteiger partial charge in [-0.15, -0.1) is 17.5 Å². The number of aromatic nitrogens is 3. The third-order valence-corrected chi connectivity index (χ3v) is 5.37. The van der Waals surface area contributed by atoms with Crippen LogP contribution in [-0.2, 0) is 4.74 Å². The van der Waals surface area contributed by atoms with E-state index in [0.717, 1.165) is 51.8 Å². The van der Waals surface area contributed by atoms with Crippen LogP contribution >= 0.6 is 12.4 Å². The Morgan fingerprint density at radius 1 is 1.35 bits per heavy atom. The van der Waals surface area contributed by atoms with Gasteiger partial charge in [-0.25, -0.2) is 4.68 Å². The Morgan fingerprint density at radius 3 is 2.77 bits per heavy atom. The SMILES string of the molecule is CCCOC1(CNC(=O)c2cn(C3CCNCC3)nn2)CCCCC1.Cl. The average Bonchev–Trinajstić information content (AvgIpc) is 3.16. The van der Waals surface area contributed by atoms with Crippen molar-refractivity contribution in [2.75, 3.05) is 26.2 Å². The Bertz CT molecular complexity index is 554. The normalized spacial score (nSPS) is 20.3. The standard InChI is InChI=1S/C18H31N5O2.ClH/c1-2-12-25-18(8-4-3-5-9-18)14-20-17(24)16-13-23(22-21-16)15-6-10-19-11-7-15;/h13,15,19H,2-12,14H2,1H3,(H,20,24);1H. The van der Waals surface area contributed by atoms with Crippen molar-refractivity contribution in [2.45, 2.75) is 69.9 Å². The highest BCUT2D eigenvalue weighted by molar-refractivity contribution is 5.91. The molecule has 2 N–H and O–H groups in total. The first-order chi connectivity index (χ1) is 12.2. The third kappa shape index (κ3) is 5.41. The summed E-state index contributed by atoms with van der Waals surface area (Å²) in [6.07, 6.45) is 10.5. The van der Waals surface area contributed by atoms with Crippen LogP contribution in [-0.4, -0.2) is 52.7 Å². The maximum absolute atomic E-state index is 12.5. The third-order valence-electron chi connectivity index (χ3n) is 5.37. The first kappa shape index (κ1) is 21.1. The molecule has 2 aliphatic rings. The van der Waals surface area contributed by atoms with Gasteiger partial charge in [-0.05, 0) is 45.2 Å². The summed E-state index contributed by atoms with van der Waals surface area (Å²) in [5.41, 5.74) is 0.203. The van der Waals surface area contributed by atoms with E-state index in [-0.39, 0.29) is 23.9 Å². The quantitative estimate of drug-likeness (QED) is 0.753. The van der Waals surface area contributed by atoms with E-state index in [1.54, 1.807) is 6.20 Å². The van der Waals surface area contributed by atoms with Crippen molar-refractivity contribution in [3.63, 3.8) is 0 Å². The first-order valence-corrected chi connectivity index (χ1v) is 9.77. The van der Waals surface area contributed by atoms with Crippen molar-refractivity contribution >= 4 is 18.3 Å². The van der Waals surface area contributed by atoms with Crippen LogP contribution < -0.4 is 10.6 Å². The van der Waals surface area contributed by atoms with E-state index in [1.807, 2.05) is 4.68 Å². The smallest absolute Gasteiger partial charge is 0.273 e. The van der Waals surface area contributed by atoms with Crippen LogP contribution in [0.25, 0.3) is 0 Å². The molecule has 0 spiro atoms. The van der Waals surface area contributed by atoms with Gasteiger partial charge >= 0.3 is 0 Å². The van der Waals surface area contributed by atoms with E-state index in [0.29, 0.717) is 18.3 Å². The number of amides is 1. The second-order valence-electron chi connectivity index (χ2n) is 7.34. The molecule has 1 saturated heterocycles. The lowest BCUT2D eigenvalue weighted by molar-refractivity contribution is -0.0669. The summed E-state index contributed by atoms with van der Waals surface area (Å²) < 4.78 is 7.99. The van der Waals surface area contributed by atoms with Crippen molar-refractivity contribution in [3.8, 4) is 0 Å². The van der Waals surface area contributed by atoms with E-state index in [4.69, 9.17) is 4.74 Å². The van der Waals surface area contributed by atoms with Crippen LogP contribution in [0.15, 0.2) is 6.20 Å². The van der Waals surface area contributed by atoms with Crippen LogP contribution in [0.5, 0.6) is 0 Å². The molecule has 26 heavy (non-hydrogen) atoms. The molecule has 2 fully saturated rings. The predicted molar refractivity (Wildman–Crippen MR) is 103 cm³/mol. The Balaban J connectivity index is 0.00000243. The number of rotatable bonds is 7. The Morgan fingerprint density at radius 2 is 2.08 bits per heavy atom. The molecule has 1 aromatic rings. The topological polar surface area (TPSA) is 81.1 Å². The molecule has 1 aliphatic carbocycles. The Hall–Kier alpha value is -1.18. The van der Waals surface area contributed by atoms with Gasteiger partial charge < -0.3 is 15.4 Å². The lowest BCUT2D eigenvalue weighted by Gasteiger charge is -2.37. The van der Waals surface area contributed by atoms with Crippen LogP contribution in [0.2, 0.25) is 0 Å². The molecule has 8 heteroatoms. The van der Waals surface area contributed by atoms with Gasteiger partial charge in [0, 0.05) is 13.2 Å². The number of carbonyl (C=O) groups excluding carboxylic acids is 1. The zero-order chi connectivity index (χ0) is 17.5. The Labute approximate surface area is 162 Å². The maximum atomic E-state index is 12.5. The fourth-order valence-electron chi connectivity index (χ4n) is 3.85. The van der Waals surface area contributed by atoms with Gasteiger partial charge in [-0.2, -0.15) is 0 Å². The average molecular weight is 386 g/mol. The van der Waals surface area contributed by atoms with Crippen molar-refractivity contribution in [1.82, 2.24) is 25.6 Å². The highest BCUT2D eigenvalue weighted by Gasteiger charge is 2.33. The molecule has 0 atom stereocenters. The van der Waals surface area contributed by atoms with Gasteiger partial charge in [0.1, 0.15) is 0 Å². The van der Waals surface area contributed by atoms with Gasteiger partial charge in [-0.3, -0.25) is 4.79 Å². The van der Waals surface area contributed by atoms with Crippen molar-refractivity contribution in [2.24, 2.45) is 0 Å². The number of halogens is 1. The lowest BCUT2D eigenvalue weighted by Crippen LogP contribution is -2.46. The summed E-state index contributed by atoms with van der Waals surface area (Å²) in [7, 11) is 0. The van der Waals surface area contributed by atoms with Crippen LogP contribution in [0.1, 0.15) is 74.8 Å². The highest BCUT2D eigenvalue weighted by Crippen LogP contribution is 2.31. The molecule has 148 valence electrons. The monoisotopic (exact) mass is 385 g/mol. The number of hydrogen-bond acceptors (Lipinski definition) is 5. The van der Waals surface area contributed by atoms with E-state index in [9.17, 15) is 4.79 Å². The summed E-state index contributed by atoms with van der Waals surface area (Å²) in [5, 5.41) is 14.6. The van der Waals surface area contributed by atoms with E-state index in [2.05, 4.69) is 27.9 Å². The molecular formula is C18H32ClN5O2. The number of carbonyl (C=O) groups is 1. The van der Waals surface area contributed by atoms with Gasteiger partial charge in [0.25, 0.3) is 5.91 Å². The number of piperidine rings is 1. The zero-order valence-corrected chi connectivity index (χ0v) is 16.5. The van der Waals surface area contributed by atoms with Crippen molar-refractivity contribution < 1.29 is 9.53 Å². The minimum absolute atomic E-state index is 0. The zero-order valence-electron chi connectivity index (χ0n) is 15.7. The van der Waals surface area contributed by atoms with Crippen LogP contribution in [0, 0.1) is 0 Å². The number of hydrogen-bond donors (Lipinski definition) is 2. The van der Waals surface area contributed by atoms with Gasteiger partial charge in [0.15, 0.2) is 5.69 Å².